The van der Waals surface area contributed by atoms with Crippen molar-refractivity contribution in [2.75, 3.05) is 19.8 Å². The standard InChI is InChI=1S/C26H35N3O3/c1-5-20(3)28(17-23(30)19-31-6-2)18-25-21(4)27-29(22-13-9-7-10-14-22)26(25)32-24-15-11-8-12-16-24/h7-16,20,23,30H,5-6,17-19H2,1-4H3/t20-,23-/m0/s1. The third-order valence-electron chi connectivity index (χ3n) is 5.63. The second kappa shape index (κ2) is 11.8. The van der Waals surface area contributed by atoms with E-state index in [9.17, 15) is 5.11 Å². The van der Waals surface area contributed by atoms with Gasteiger partial charge >= 0.3 is 0 Å². The molecule has 0 aliphatic heterocycles. The van der Waals surface area contributed by atoms with Crippen molar-refractivity contribution in [3.63, 3.8) is 0 Å². The molecule has 0 fully saturated rings. The topological polar surface area (TPSA) is 59.8 Å². The van der Waals surface area contributed by atoms with E-state index < -0.39 is 6.10 Å². The molecule has 2 atom stereocenters. The van der Waals surface area contributed by atoms with Crippen molar-refractivity contribution in [3.05, 3.63) is 71.9 Å². The number of aryl methyl sites for hydroxylation is 1. The summed E-state index contributed by atoms with van der Waals surface area (Å²) in [7, 11) is 0. The van der Waals surface area contributed by atoms with Crippen LogP contribution in [0.3, 0.4) is 0 Å². The van der Waals surface area contributed by atoms with Gasteiger partial charge in [-0.3, -0.25) is 4.90 Å². The number of para-hydroxylation sites is 2. The summed E-state index contributed by atoms with van der Waals surface area (Å²) in [5.74, 6) is 1.46. The molecule has 2 aromatic carbocycles. The van der Waals surface area contributed by atoms with Crippen LogP contribution in [0.15, 0.2) is 60.7 Å². The Kier molecular flexibility index (Phi) is 8.85. The van der Waals surface area contributed by atoms with E-state index >= 15 is 0 Å². The van der Waals surface area contributed by atoms with Crippen molar-refractivity contribution in [2.24, 2.45) is 0 Å². The summed E-state index contributed by atoms with van der Waals surface area (Å²) in [5, 5.41) is 15.3. The molecule has 0 bridgehead atoms. The number of ether oxygens (including phenoxy) is 2. The second-order valence-electron chi connectivity index (χ2n) is 8.03. The number of nitrogens with zero attached hydrogens (tertiary/aromatic N) is 3. The molecule has 0 unspecified atom stereocenters. The maximum atomic E-state index is 10.5. The minimum atomic E-state index is -0.549. The molecule has 0 saturated heterocycles. The van der Waals surface area contributed by atoms with Crippen LogP contribution in [-0.2, 0) is 11.3 Å². The largest absolute Gasteiger partial charge is 0.439 e. The van der Waals surface area contributed by atoms with Crippen LogP contribution in [0.2, 0.25) is 0 Å². The third kappa shape index (κ3) is 6.19. The van der Waals surface area contributed by atoms with Gasteiger partial charge in [-0.15, -0.1) is 0 Å². The number of hydrogen-bond donors (Lipinski definition) is 1. The van der Waals surface area contributed by atoms with Crippen molar-refractivity contribution < 1.29 is 14.6 Å². The smallest absolute Gasteiger partial charge is 0.227 e. The van der Waals surface area contributed by atoms with Crippen LogP contribution in [-0.4, -0.2) is 51.7 Å². The zero-order chi connectivity index (χ0) is 22.9. The Labute approximate surface area is 191 Å². The number of aliphatic hydroxyl groups excluding tert-OH is 1. The van der Waals surface area contributed by atoms with Crippen molar-refractivity contribution in [3.8, 4) is 17.3 Å². The van der Waals surface area contributed by atoms with Gasteiger partial charge in [-0.05, 0) is 51.5 Å². The minimum Gasteiger partial charge on any atom is -0.439 e. The van der Waals surface area contributed by atoms with Crippen LogP contribution >= 0.6 is 0 Å². The number of rotatable bonds is 12. The summed E-state index contributed by atoms with van der Waals surface area (Å²) in [6, 6.07) is 20.1. The van der Waals surface area contributed by atoms with Crippen molar-refractivity contribution in [1.82, 2.24) is 14.7 Å². The lowest BCUT2D eigenvalue weighted by molar-refractivity contribution is 0.0111. The van der Waals surface area contributed by atoms with Crippen LogP contribution in [0.25, 0.3) is 5.69 Å². The number of benzene rings is 2. The van der Waals surface area contributed by atoms with Gasteiger partial charge in [0.2, 0.25) is 5.88 Å². The molecular weight excluding hydrogens is 402 g/mol. The SMILES string of the molecule is CCOC[C@@H](O)CN(Cc1c(C)nn(-c2ccccc2)c1Oc1ccccc1)[C@@H](C)CC. The molecule has 6 heteroatoms. The predicted octanol–water partition coefficient (Wildman–Crippen LogP) is 4.97. The highest BCUT2D eigenvalue weighted by molar-refractivity contribution is 5.43. The van der Waals surface area contributed by atoms with Gasteiger partial charge in [-0.2, -0.15) is 5.10 Å². The molecule has 1 aromatic heterocycles. The average Bonchev–Trinajstić information content (AvgIpc) is 3.12. The first-order chi connectivity index (χ1) is 15.5. The molecule has 0 radical (unpaired) electrons. The average molecular weight is 438 g/mol. The highest BCUT2D eigenvalue weighted by Gasteiger charge is 2.24. The van der Waals surface area contributed by atoms with Crippen LogP contribution in [0, 0.1) is 6.92 Å². The summed E-state index contributed by atoms with van der Waals surface area (Å²) < 4.78 is 13.7. The van der Waals surface area contributed by atoms with E-state index in [4.69, 9.17) is 14.6 Å². The Morgan fingerprint density at radius 3 is 2.31 bits per heavy atom. The van der Waals surface area contributed by atoms with Gasteiger partial charge in [0.15, 0.2) is 0 Å². The predicted molar refractivity (Wildman–Crippen MR) is 127 cm³/mol. The molecule has 6 nitrogen and oxygen atoms in total. The lowest BCUT2D eigenvalue weighted by Crippen LogP contribution is -2.40. The molecule has 32 heavy (non-hydrogen) atoms. The maximum Gasteiger partial charge on any atom is 0.227 e. The maximum absolute atomic E-state index is 10.5. The Morgan fingerprint density at radius 2 is 1.69 bits per heavy atom. The molecule has 1 N–H and O–H groups in total. The fourth-order valence-electron chi connectivity index (χ4n) is 3.61. The fourth-order valence-corrected chi connectivity index (χ4v) is 3.61. The van der Waals surface area contributed by atoms with Gasteiger partial charge in [0.05, 0.1) is 29.7 Å². The summed E-state index contributed by atoms with van der Waals surface area (Å²) >= 11 is 0. The van der Waals surface area contributed by atoms with E-state index in [2.05, 4.69) is 18.7 Å². The van der Waals surface area contributed by atoms with Crippen LogP contribution in [0.5, 0.6) is 11.6 Å². The number of aliphatic hydroxyl groups is 1. The summed E-state index contributed by atoms with van der Waals surface area (Å²) in [6.45, 7) is 10.4. The highest BCUT2D eigenvalue weighted by Crippen LogP contribution is 2.32. The lowest BCUT2D eigenvalue weighted by Gasteiger charge is -2.30. The van der Waals surface area contributed by atoms with E-state index in [1.54, 1.807) is 0 Å². The Hall–Kier alpha value is -2.67. The monoisotopic (exact) mass is 437 g/mol. The minimum absolute atomic E-state index is 0.287. The molecule has 0 saturated carbocycles. The van der Waals surface area contributed by atoms with Gasteiger partial charge < -0.3 is 14.6 Å². The Bertz CT molecular complexity index is 944. The molecule has 0 aliphatic carbocycles. The van der Waals surface area contributed by atoms with E-state index in [-0.39, 0.29) is 6.04 Å². The third-order valence-corrected chi connectivity index (χ3v) is 5.63. The highest BCUT2D eigenvalue weighted by atomic mass is 16.5. The van der Waals surface area contributed by atoms with Crippen LogP contribution in [0.4, 0.5) is 0 Å². The summed E-state index contributed by atoms with van der Waals surface area (Å²) in [4.78, 5) is 2.28. The van der Waals surface area contributed by atoms with Crippen molar-refractivity contribution in [2.45, 2.75) is 52.8 Å². The Balaban J connectivity index is 1.96. The zero-order valence-electron chi connectivity index (χ0n) is 19.6. The first-order valence-corrected chi connectivity index (χ1v) is 11.4. The number of hydrogen-bond acceptors (Lipinski definition) is 5. The summed E-state index contributed by atoms with van der Waals surface area (Å²) in [6.07, 6.45) is 0.425. The second-order valence-corrected chi connectivity index (χ2v) is 8.03. The van der Waals surface area contributed by atoms with Gasteiger partial charge in [-0.1, -0.05) is 43.3 Å². The van der Waals surface area contributed by atoms with Gasteiger partial charge in [0.25, 0.3) is 0 Å². The lowest BCUT2D eigenvalue weighted by atomic mass is 10.1. The van der Waals surface area contributed by atoms with E-state index in [1.807, 2.05) is 79.2 Å². The van der Waals surface area contributed by atoms with E-state index in [1.165, 1.54) is 0 Å². The van der Waals surface area contributed by atoms with Crippen molar-refractivity contribution >= 4 is 0 Å². The molecule has 172 valence electrons. The molecule has 3 aromatic rings. The van der Waals surface area contributed by atoms with Crippen LogP contribution in [0.1, 0.15) is 38.4 Å². The van der Waals surface area contributed by atoms with Crippen LogP contribution < -0.4 is 4.74 Å². The van der Waals surface area contributed by atoms with E-state index in [0.29, 0.717) is 32.2 Å². The zero-order valence-corrected chi connectivity index (χ0v) is 19.6. The first kappa shape index (κ1) is 24.0. The Morgan fingerprint density at radius 1 is 1.03 bits per heavy atom. The molecule has 0 spiro atoms. The summed E-state index contributed by atoms with van der Waals surface area (Å²) in [5.41, 5.74) is 2.87. The molecule has 3 rings (SSSR count). The van der Waals surface area contributed by atoms with Gasteiger partial charge in [-0.25, -0.2) is 4.68 Å². The molecule has 1 heterocycles. The molecular formula is C26H35N3O3. The van der Waals surface area contributed by atoms with Gasteiger partial charge in [0.1, 0.15) is 5.75 Å². The molecule has 0 aliphatic rings. The van der Waals surface area contributed by atoms with E-state index in [0.717, 1.165) is 29.1 Å². The quantitative estimate of drug-likeness (QED) is 0.433. The first-order valence-electron chi connectivity index (χ1n) is 11.4. The van der Waals surface area contributed by atoms with Crippen molar-refractivity contribution in [1.29, 1.82) is 0 Å². The van der Waals surface area contributed by atoms with Gasteiger partial charge in [0, 0.05) is 25.7 Å². The normalized spacial score (nSPS) is 13.3. The molecule has 0 amide bonds. The fraction of sp³-hybridized carbons (Fsp3) is 0.423. The number of aromatic nitrogens is 2.